The number of benzene rings is 2. The zero-order valence-corrected chi connectivity index (χ0v) is 13.2. The average Bonchev–Trinajstić information content (AvgIpc) is 2.46. The minimum atomic E-state index is -0.293. The Morgan fingerprint density at radius 1 is 1.18 bits per heavy atom. The number of hydrogen-bond acceptors (Lipinski definition) is 2. The quantitative estimate of drug-likeness (QED) is 0.908. The maximum Gasteiger partial charge on any atom is 0.251 e. The van der Waals surface area contributed by atoms with E-state index in [9.17, 15) is 4.79 Å². The van der Waals surface area contributed by atoms with Crippen LogP contribution in [0.4, 0.5) is 0 Å². The van der Waals surface area contributed by atoms with Crippen LogP contribution in [0.5, 0.6) is 5.75 Å². The van der Waals surface area contributed by atoms with Gasteiger partial charge in [-0.1, -0.05) is 35.9 Å². The van der Waals surface area contributed by atoms with Crippen molar-refractivity contribution in [2.45, 2.75) is 38.8 Å². The summed E-state index contributed by atoms with van der Waals surface area (Å²) >= 11 is 0. The van der Waals surface area contributed by atoms with Crippen molar-refractivity contribution in [1.82, 2.24) is 5.32 Å². The van der Waals surface area contributed by atoms with E-state index in [0.29, 0.717) is 5.56 Å². The number of nitrogens with one attached hydrogen (secondary N) is 1. The molecule has 3 nitrogen and oxygen atoms in total. The van der Waals surface area contributed by atoms with Crippen LogP contribution in [0.3, 0.4) is 0 Å². The molecule has 0 aromatic heterocycles. The van der Waals surface area contributed by atoms with Gasteiger partial charge in [0.05, 0.1) is 6.04 Å². The summed E-state index contributed by atoms with van der Waals surface area (Å²) < 4.78 is 6.00. The molecule has 1 amide bonds. The summed E-state index contributed by atoms with van der Waals surface area (Å²) in [6.45, 7) is 6.09. The zero-order chi connectivity index (χ0) is 15.7. The molecular formula is C19H21NO2. The van der Waals surface area contributed by atoms with Gasteiger partial charge in [-0.05, 0) is 39.0 Å². The molecule has 2 aromatic carbocycles. The Kier molecular flexibility index (Phi) is 3.65. The van der Waals surface area contributed by atoms with E-state index >= 15 is 0 Å². The van der Waals surface area contributed by atoms with Crippen molar-refractivity contribution in [2.75, 3.05) is 0 Å². The summed E-state index contributed by atoms with van der Waals surface area (Å²) in [5, 5.41) is 3.16. The van der Waals surface area contributed by atoms with Crippen molar-refractivity contribution >= 4 is 5.91 Å². The Hall–Kier alpha value is -2.29. The molecule has 3 heteroatoms. The van der Waals surface area contributed by atoms with Crippen LogP contribution in [-0.2, 0) is 0 Å². The second-order valence-corrected chi connectivity index (χ2v) is 6.50. The first kappa shape index (κ1) is 14.6. The van der Waals surface area contributed by atoms with E-state index in [0.717, 1.165) is 23.3 Å². The summed E-state index contributed by atoms with van der Waals surface area (Å²) in [6.07, 6.45) is 0.752. The van der Waals surface area contributed by atoms with Crippen LogP contribution in [-0.4, -0.2) is 11.5 Å². The van der Waals surface area contributed by atoms with E-state index in [4.69, 9.17) is 4.74 Å². The number of hydrogen-bond donors (Lipinski definition) is 1. The van der Waals surface area contributed by atoms with E-state index in [1.165, 1.54) is 0 Å². The molecule has 1 heterocycles. The second kappa shape index (κ2) is 5.48. The molecule has 1 aliphatic rings. The zero-order valence-electron chi connectivity index (χ0n) is 13.2. The van der Waals surface area contributed by atoms with Crippen molar-refractivity contribution in [3.8, 4) is 5.75 Å². The average molecular weight is 295 g/mol. The highest BCUT2D eigenvalue weighted by Gasteiger charge is 2.34. The topological polar surface area (TPSA) is 38.3 Å². The van der Waals surface area contributed by atoms with E-state index in [1.54, 1.807) is 0 Å². The van der Waals surface area contributed by atoms with Gasteiger partial charge >= 0.3 is 0 Å². The predicted molar refractivity (Wildman–Crippen MR) is 87.2 cm³/mol. The highest BCUT2D eigenvalue weighted by molar-refractivity contribution is 5.94. The van der Waals surface area contributed by atoms with Crippen molar-refractivity contribution in [3.05, 3.63) is 65.2 Å². The maximum atomic E-state index is 12.5. The first-order valence-electron chi connectivity index (χ1n) is 7.60. The molecule has 3 rings (SSSR count). The lowest BCUT2D eigenvalue weighted by Gasteiger charge is -2.37. The first-order valence-corrected chi connectivity index (χ1v) is 7.60. The van der Waals surface area contributed by atoms with E-state index in [1.807, 2.05) is 55.5 Å². The van der Waals surface area contributed by atoms with E-state index < -0.39 is 0 Å². The molecule has 0 saturated heterocycles. The van der Waals surface area contributed by atoms with E-state index in [2.05, 4.69) is 19.2 Å². The van der Waals surface area contributed by atoms with Crippen molar-refractivity contribution in [1.29, 1.82) is 0 Å². The van der Waals surface area contributed by atoms with Gasteiger partial charge in [-0.3, -0.25) is 4.79 Å². The summed E-state index contributed by atoms with van der Waals surface area (Å²) in [6, 6.07) is 15.5. The fraction of sp³-hybridized carbons (Fsp3) is 0.316. The molecule has 0 bridgehead atoms. The van der Waals surface area contributed by atoms with Gasteiger partial charge in [-0.15, -0.1) is 0 Å². The molecule has 0 radical (unpaired) electrons. The predicted octanol–water partition coefficient (Wildman–Crippen LogP) is 4.03. The molecule has 0 fully saturated rings. The fourth-order valence-corrected chi connectivity index (χ4v) is 2.96. The number of ether oxygens (including phenoxy) is 1. The van der Waals surface area contributed by atoms with Crippen LogP contribution >= 0.6 is 0 Å². The molecule has 114 valence electrons. The van der Waals surface area contributed by atoms with Gasteiger partial charge < -0.3 is 10.1 Å². The van der Waals surface area contributed by atoms with Crippen LogP contribution in [0.1, 0.15) is 47.8 Å². The minimum absolute atomic E-state index is 0.0343. The van der Waals surface area contributed by atoms with Gasteiger partial charge in [0, 0.05) is 17.5 Å². The van der Waals surface area contributed by atoms with E-state index in [-0.39, 0.29) is 17.6 Å². The first-order chi connectivity index (χ1) is 10.4. The molecule has 1 N–H and O–H groups in total. The number of rotatable bonds is 2. The van der Waals surface area contributed by atoms with Crippen LogP contribution in [0.15, 0.2) is 48.5 Å². The molecule has 0 aliphatic carbocycles. The third kappa shape index (κ3) is 2.98. The number of aryl methyl sites for hydroxylation is 1. The fourth-order valence-electron chi connectivity index (χ4n) is 2.96. The molecule has 0 unspecified atom stereocenters. The molecular weight excluding hydrogens is 274 g/mol. The lowest BCUT2D eigenvalue weighted by molar-refractivity contribution is 0.0619. The monoisotopic (exact) mass is 295 g/mol. The largest absolute Gasteiger partial charge is 0.487 e. The third-order valence-electron chi connectivity index (χ3n) is 3.96. The Balaban J connectivity index is 1.87. The third-order valence-corrected chi connectivity index (χ3v) is 3.96. The molecule has 0 saturated carbocycles. The molecule has 22 heavy (non-hydrogen) atoms. The Labute approximate surface area is 131 Å². The normalized spacial score (nSPS) is 19.0. The summed E-state index contributed by atoms with van der Waals surface area (Å²) in [5.74, 6) is 0.814. The highest BCUT2D eigenvalue weighted by atomic mass is 16.5. The molecule has 2 aromatic rings. The van der Waals surface area contributed by atoms with Crippen molar-refractivity contribution in [3.63, 3.8) is 0 Å². The van der Waals surface area contributed by atoms with Crippen molar-refractivity contribution < 1.29 is 9.53 Å². The van der Waals surface area contributed by atoms with Crippen molar-refractivity contribution in [2.24, 2.45) is 0 Å². The Morgan fingerprint density at radius 2 is 1.95 bits per heavy atom. The number of amides is 1. The van der Waals surface area contributed by atoms with Crippen LogP contribution < -0.4 is 10.1 Å². The maximum absolute atomic E-state index is 12.5. The smallest absolute Gasteiger partial charge is 0.251 e. The summed E-state index contributed by atoms with van der Waals surface area (Å²) in [5.41, 5.74) is 2.53. The number of para-hydroxylation sites is 1. The number of fused-ring (bicyclic) bond motifs is 1. The molecule has 1 atom stereocenters. The Bertz CT molecular complexity index is 706. The second-order valence-electron chi connectivity index (χ2n) is 6.50. The van der Waals surface area contributed by atoms with Gasteiger partial charge in [0.15, 0.2) is 0 Å². The van der Waals surface area contributed by atoms with Crippen LogP contribution in [0.25, 0.3) is 0 Å². The van der Waals surface area contributed by atoms with Gasteiger partial charge in [-0.2, -0.15) is 0 Å². The molecule has 0 spiro atoms. The van der Waals surface area contributed by atoms with Gasteiger partial charge in [0.25, 0.3) is 5.91 Å². The van der Waals surface area contributed by atoms with Crippen LogP contribution in [0, 0.1) is 6.92 Å². The number of carbonyl (C=O) groups excluding carboxylic acids is 1. The Morgan fingerprint density at radius 3 is 2.73 bits per heavy atom. The lowest BCUT2D eigenvalue weighted by Crippen LogP contribution is -2.41. The SMILES string of the molecule is Cc1cccc(C(=O)N[C@@H]2CC(C)(C)Oc3ccccc32)c1. The minimum Gasteiger partial charge on any atom is -0.487 e. The number of carbonyl (C=O) groups is 1. The molecule has 1 aliphatic heterocycles. The standard InChI is InChI=1S/C19H21NO2/c1-13-7-6-8-14(11-13)18(21)20-16-12-19(2,3)22-17-10-5-4-9-15(16)17/h4-11,16H,12H2,1-3H3,(H,20,21)/t16-/m1/s1. The lowest BCUT2D eigenvalue weighted by atomic mass is 9.89. The van der Waals surface area contributed by atoms with Gasteiger partial charge in [0.1, 0.15) is 11.4 Å². The van der Waals surface area contributed by atoms with Gasteiger partial charge in [0.2, 0.25) is 0 Å². The summed E-state index contributed by atoms with van der Waals surface area (Å²) in [7, 11) is 0. The van der Waals surface area contributed by atoms with Gasteiger partial charge in [-0.25, -0.2) is 0 Å². The van der Waals surface area contributed by atoms with Crippen LogP contribution in [0.2, 0.25) is 0 Å². The highest BCUT2D eigenvalue weighted by Crippen LogP contribution is 2.39. The summed E-state index contributed by atoms with van der Waals surface area (Å²) in [4.78, 5) is 12.5.